The maximum absolute atomic E-state index is 5.57. The van der Waals surface area contributed by atoms with Gasteiger partial charge in [-0.3, -0.25) is 4.98 Å². The number of rotatable bonds is 4. The van der Waals surface area contributed by atoms with Crippen LogP contribution in [-0.2, 0) is 6.42 Å². The molecule has 1 N–H and O–H groups in total. The lowest BCUT2D eigenvalue weighted by molar-refractivity contribution is 0.357. The summed E-state index contributed by atoms with van der Waals surface area (Å²) < 4.78 is 6.57. The van der Waals surface area contributed by atoms with Gasteiger partial charge < -0.3 is 10.1 Å². The molecular formula is C16H17BrN2O. The van der Waals surface area contributed by atoms with E-state index in [0.717, 1.165) is 35.5 Å². The van der Waals surface area contributed by atoms with Crippen molar-refractivity contribution in [1.82, 2.24) is 10.3 Å². The van der Waals surface area contributed by atoms with Gasteiger partial charge in [0.2, 0.25) is 0 Å². The maximum atomic E-state index is 5.57. The lowest BCUT2D eigenvalue weighted by Crippen LogP contribution is -2.23. The van der Waals surface area contributed by atoms with Crippen molar-refractivity contribution in [2.24, 2.45) is 0 Å². The van der Waals surface area contributed by atoms with Gasteiger partial charge in [-0.15, -0.1) is 0 Å². The fraction of sp³-hybridized carbons (Fsp3) is 0.312. The van der Waals surface area contributed by atoms with E-state index in [2.05, 4.69) is 57.4 Å². The molecule has 1 aliphatic heterocycles. The molecule has 3 rings (SSSR count). The van der Waals surface area contributed by atoms with Crippen LogP contribution in [0.5, 0.6) is 5.75 Å². The van der Waals surface area contributed by atoms with Gasteiger partial charge in [-0.25, -0.2) is 0 Å². The summed E-state index contributed by atoms with van der Waals surface area (Å²) in [5.41, 5.74) is 3.57. The maximum Gasteiger partial charge on any atom is 0.122 e. The summed E-state index contributed by atoms with van der Waals surface area (Å²) in [6.07, 6.45) is 2.84. The summed E-state index contributed by atoms with van der Waals surface area (Å²) in [7, 11) is 0. The molecule has 2 aromatic rings. The molecule has 1 aromatic heterocycles. The summed E-state index contributed by atoms with van der Waals surface area (Å²) in [4.78, 5) is 4.53. The van der Waals surface area contributed by atoms with Gasteiger partial charge >= 0.3 is 0 Å². The Morgan fingerprint density at radius 1 is 1.35 bits per heavy atom. The predicted octanol–water partition coefficient (Wildman–Crippen LogP) is 3.48. The number of ether oxygens (including phenoxy) is 1. The third-order valence-electron chi connectivity index (χ3n) is 3.50. The average molecular weight is 333 g/mol. The van der Waals surface area contributed by atoms with Crippen molar-refractivity contribution in [2.45, 2.75) is 19.4 Å². The van der Waals surface area contributed by atoms with Crippen molar-refractivity contribution in [1.29, 1.82) is 0 Å². The topological polar surface area (TPSA) is 34.1 Å². The van der Waals surface area contributed by atoms with Crippen LogP contribution in [0.3, 0.4) is 0 Å². The van der Waals surface area contributed by atoms with Gasteiger partial charge in [-0.05, 0) is 51.8 Å². The second-order valence-corrected chi connectivity index (χ2v) is 5.77. The first-order chi connectivity index (χ1) is 9.78. The number of hydrogen-bond donors (Lipinski definition) is 1. The molecule has 0 saturated heterocycles. The van der Waals surface area contributed by atoms with Crippen LogP contribution in [0.2, 0.25) is 0 Å². The van der Waals surface area contributed by atoms with E-state index in [0.29, 0.717) is 0 Å². The molecule has 1 aromatic carbocycles. The number of pyridine rings is 1. The van der Waals surface area contributed by atoms with Crippen molar-refractivity contribution in [3.05, 3.63) is 57.8 Å². The van der Waals surface area contributed by atoms with E-state index in [1.807, 2.05) is 12.3 Å². The molecule has 0 aliphatic carbocycles. The van der Waals surface area contributed by atoms with Crippen LogP contribution in [0, 0.1) is 0 Å². The van der Waals surface area contributed by atoms with Gasteiger partial charge in [-0.2, -0.15) is 0 Å². The number of aromatic nitrogens is 1. The molecule has 0 saturated carbocycles. The first-order valence-electron chi connectivity index (χ1n) is 6.88. The highest BCUT2D eigenvalue weighted by molar-refractivity contribution is 9.10. The quantitative estimate of drug-likeness (QED) is 0.930. The zero-order chi connectivity index (χ0) is 13.9. The van der Waals surface area contributed by atoms with Gasteiger partial charge in [0.25, 0.3) is 0 Å². The van der Waals surface area contributed by atoms with Crippen molar-refractivity contribution in [3.8, 4) is 5.75 Å². The van der Waals surface area contributed by atoms with Gasteiger partial charge in [0.15, 0.2) is 0 Å². The van der Waals surface area contributed by atoms with Crippen molar-refractivity contribution < 1.29 is 4.74 Å². The number of nitrogens with one attached hydrogen (secondary N) is 1. The molecule has 1 atom stereocenters. The average Bonchev–Trinajstić information content (AvgIpc) is 2.93. The third-order valence-corrected chi connectivity index (χ3v) is 3.97. The van der Waals surface area contributed by atoms with Crippen molar-refractivity contribution in [3.63, 3.8) is 0 Å². The summed E-state index contributed by atoms with van der Waals surface area (Å²) in [6, 6.07) is 10.6. The van der Waals surface area contributed by atoms with Gasteiger partial charge in [0.05, 0.1) is 18.3 Å². The summed E-state index contributed by atoms with van der Waals surface area (Å²) in [5, 5.41) is 3.51. The van der Waals surface area contributed by atoms with Crippen molar-refractivity contribution >= 4 is 15.9 Å². The lowest BCUT2D eigenvalue weighted by Gasteiger charge is -2.18. The fourth-order valence-electron chi connectivity index (χ4n) is 2.54. The van der Waals surface area contributed by atoms with E-state index in [1.165, 1.54) is 11.1 Å². The summed E-state index contributed by atoms with van der Waals surface area (Å²) in [6.45, 7) is 3.81. The third kappa shape index (κ3) is 2.72. The Balaban J connectivity index is 1.95. The number of nitrogens with zero attached hydrogens (tertiary/aromatic N) is 1. The van der Waals surface area contributed by atoms with Crippen LogP contribution in [0.4, 0.5) is 0 Å². The van der Waals surface area contributed by atoms with Gasteiger partial charge in [0.1, 0.15) is 5.75 Å². The smallest absolute Gasteiger partial charge is 0.122 e. The van der Waals surface area contributed by atoms with E-state index in [9.17, 15) is 0 Å². The van der Waals surface area contributed by atoms with Gasteiger partial charge in [0, 0.05) is 17.1 Å². The highest BCUT2D eigenvalue weighted by atomic mass is 79.9. The van der Waals surface area contributed by atoms with Crippen molar-refractivity contribution in [2.75, 3.05) is 13.2 Å². The molecule has 0 radical (unpaired) electrons. The Morgan fingerprint density at radius 3 is 3.00 bits per heavy atom. The van der Waals surface area contributed by atoms with E-state index < -0.39 is 0 Å². The minimum atomic E-state index is 0.124. The number of fused-ring (bicyclic) bond motifs is 1. The number of benzene rings is 1. The Kier molecular flexibility index (Phi) is 4.03. The molecule has 0 fully saturated rings. The molecule has 4 heteroatoms. The second-order valence-electron chi connectivity index (χ2n) is 4.86. The fourth-order valence-corrected chi connectivity index (χ4v) is 2.78. The normalized spacial score (nSPS) is 14.7. The standard InChI is InChI=1S/C16H17BrN2O/c1-2-18-16(14-5-4-13(17)10-19-14)12-3-6-15-11(9-12)7-8-20-15/h3-6,9-10,16,18H,2,7-8H2,1H3. The molecule has 2 heterocycles. The Morgan fingerprint density at radius 2 is 2.25 bits per heavy atom. The van der Waals surface area contributed by atoms with Crippen LogP contribution in [0.15, 0.2) is 41.0 Å². The molecule has 0 spiro atoms. The van der Waals surface area contributed by atoms with Crippen LogP contribution in [-0.4, -0.2) is 18.1 Å². The Labute approximate surface area is 127 Å². The second kappa shape index (κ2) is 5.94. The van der Waals surface area contributed by atoms with E-state index >= 15 is 0 Å². The summed E-state index contributed by atoms with van der Waals surface area (Å²) in [5.74, 6) is 1.02. The zero-order valence-electron chi connectivity index (χ0n) is 11.4. The molecule has 1 unspecified atom stereocenters. The minimum absolute atomic E-state index is 0.124. The molecule has 0 amide bonds. The molecule has 1 aliphatic rings. The van der Waals surface area contributed by atoms with Crippen LogP contribution < -0.4 is 10.1 Å². The molecular weight excluding hydrogens is 316 g/mol. The Hall–Kier alpha value is -1.39. The summed E-state index contributed by atoms with van der Waals surface area (Å²) >= 11 is 3.43. The largest absolute Gasteiger partial charge is 0.493 e. The minimum Gasteiger partial charge on any atom is -0.493 e. The molecule has 3 nitrogen and oxygen atoms in total. The van der Waals surface area contributed by atoms with Gasteiger partial charge in [-0.1, -0.05) is 19.1 Å². The zero-order valence-corrected chi connectivity index (χ0v) is 13.0. The van der Waals surface area contributed by atoms with E-state index in [4.69, 9.17) is 4.74 Å². The first-order valence-corrected chi connectivity index (χ1v) is 7.67. The monoisotopic (exact) mass is 332 g/mol. The van der Waals surface area contributed by atoms with Crippen LogP contribution in [0.1, 0.15) is 29.8 Å². The highest BCUT2D eigenvalue weighted by Crippen LogP contribution is 2.30. The number of hydrogen-bond acceptors (Lipinski definition) is 3. The highest BCUT2D eigenvalue weighted by Gasteiger charge is 2.18. The molecule has 0 bridgehead atoms. The van der Waals surface area contributed by atoms with E-state index in [1.54, 1.807) is 0 Å². The lowest BCUT2D eigenvalue weighted by atomic mass is 9.99. The first kappa shape index (κ1) is 13.6. The predicted molar refractivity (Wildman–Crippen MR) is 83.1 cm³/mol. The van der Waals surface area contributed by atoms with E-state index in [-0.39, 0.29) is 6.04 Å². The van der Waals surface area contributed by atoms with Crippen LogP contribution >= 0.6 is 15.9 Å². The van der Waals surface area contributed by atoms with Crippen LogP contribution in [0.25, 0.3) is 0 Å². The molecule has 104 valence electrons. The Bertz CT molecular complexity index is 598. The molecule has 20 heavy (non-hydrogen) atoms. The number of halogens is 1. The SMILES string of the molecule is CCNC(c1ccc2c(c1)CCO2)c1ccc(Br)cn1.